The van der Waals surface area contributed by atoms with Gasteiger partial charge in [0.1, 0.15) is 11.5 Å². The Hall–Kier alpha value is -3.35. The van der Waals surface area contributed by atoms with Crippen molar-refractivity contribution < 1.29 is 23.9 Å². The molecule has 0 aliphatic carbocycles. The monoisotopic (exact) mass is 410 g/mol. The van der Waals surface area contributed by atoms with Gasteiger partial charge in [0, 0.05) is 31.6 Å². The number of rotatable bonds is 7. The maximum absolute atomic E-state index is 12.7. The summed E-state index contributed by atoms with van der Waals surface area (Å²) in [5.74, 6) is 0.517. The highest BCUT2D eigenvalue weighted by Crippen LogP contribution is 2.18. The summed E-state index contributed by atoms with van der Waals surface area (Å²) in [7, 11) is 0. The van der Waals surface area contributed by atoms with Crippen molar-refractivity contribution in [3.05, 3.63) is 60.2 Å². The van der Waals surface area contributed by atoms with Gasteiger partial charge in [0.25, 0.3) is 5.91 Å². The van der Waals surface area contributed by atoms with Gasteiger partial charge in [0.15, 0.2) is 0 Å². The molecular formula is C23H26N2O5. The zero-order chi connectivity index (χ0) is 21.3. The predicted molar refractivity (Wildman–Crippen MR) is 111 cm³/mol. The number of ether oxygens (including phenoxy) is 2. The number of likely N-dealkylation sites (tertiary alicyclic amines) is 1. The average molecular weight is 410 g/mol. The largest absolute Gasteiger partial charge is 0.493 e. The Morgan fingerprint density at radius 1 is 1.00 bits per heavy atom. The molecule has 2 aromatic rings. The molecule has 158 valence electrons. The van der Waals surface area contributed by atoms with Crippen LogP contribution in [0.3, 0.4) is 0 Å². The second kappa shape index (κ2) is 10.4. The second-order valence-corrected chi connectivity index (χ2v) is 7.17. The number of carbonyl (C=O) groups is 3. The van der Waals surface area contributed by atoms with E-state index in [1.807, 2.05) is 30.3 Å². The first kappa shape index (κ1) is 21.4. The average Bonchev–Trinajstić information content (AvgIpc) is 2.74. The van der Waals surface area contributed by atoms with Crippen LogP contribution in [0.5, 0.6) is 11.5 Å². The Morgan fingerprint density at radius 3 is 2.40 bits per heavy atom. The lowest BCUT2D eigenvalue weighted by molar-refractivity contribution is -0.132. The third-order valence-electron chi connectivity index (χ3n) is 4.83. The van der Waals surface area contributed by atoms with Crippen molar-refractivity contribution >= 4 is 17.8 Å². The number of hydrogen-bond acceptors (Lipinski definition) is 5. The van der Waals surface area contributed by atoms with Gasteiger partial charge in [0.05, 0.1) is 13.0 Å². The molecule has 2 amide bonds. The van der Waals surface area contributed by atoms with E-state index < -0.39 is 5.97 Å². The Kier molecular flexibility index (Phi) is 7.43. The second-order valence-electron chi connectivity index (χ2n) is 7.17. The van der Waals surface area contributed by atoms with Gasteiger partial charge in [-0.25, -0.2) is 0 Å². The Morgan fingerprint density at radius 2 is 1.70 bits per heavy atom. The van der Waals surface area contributed by atoms with Crippen LogP contribution in [0.25, 0.3) is 0 Å². The van der Waals surface area contributed by atoms with Gasteiger partial charge in [-0.05, 0) is 43.2 Å². The maximum atomic E-state index is 12.7. The number of benzene rings is 2. The van der Waals surface area contributed by atoms with Crippen LogP contribution in [0.15, 0.2) is 54.6 Å². The molecule has 1 heterocycles. The van der Waals surface area contributed by atoms with Crippen molar-refractivity contribution in [1.29, 1.82) is 0 Å². The molecule has 0 spiro atoms. The third kappa shape index (κ3) is 6.34. The Balaban J connectivity index is 1.41. The van der Waals surface area contributed by atoms with Crippen LogP contribution in [-0.2, 0) is 9.59 Å². The van der Waals surface area contributed by atoms with Crippen molar-refractivity contribution in [3.63, 3.8) is 0 Å². The molecule has 1 N–H and O–H groups in total. The first-order valence-corrected chi connectivity index (χ1v) is 10.1. The number of amides is 2. The first-order chi connectivity index (χ1) is 14.5. The number of nitrogens with one attached hydrogen (secondary N) is 1. The van der Waals surface area contributed by atoms with Crippen LogP contribution in [0.2, 0.25) is 0 Å². The number of piperidine rings is 1. The van der Waals surface area contributed by atoms with Crippen molar-refractivity contribution in [2.75, 3.05) is 19.7 Å². The number of carbonyl (C=O) groups excluding carboxylic acids is 3. The summed E-state index contributed by atoms with van der Waals surface area (Å²) in [6.45, 7) is 2.76. The van der Waals surface area contributed by atoms with Gasteiger partial charge < -0.3 is 19.7 Å². The van der Waals surface area contributed by atoms with E-state index in [1.165, 1.54) is 6.92 Å². The van der Waals surface area contributed by atoms with E-state index in [-0.39, 0.29) is 24.3 Å². The van der Waals surface area contributed by atoms with Crippen LogP contribution >= 0.6 is 0 Å². The lowest BCUT2D eigenvalue weighted by atomic mass is 10.0. The Labute approximate surface area is 176 Å². The van der Waals surface area contributed by atoms with Gasteiger partial charge in [0.2, 0.25) is 5.91 Å². The number of hydrogen-bond donors (Lipinski definition) is 1. The molecule has 0 bridgehead atoms. The van der Waals surface area contributed by atoms with Crippen LogP contribution in [0.1, 0.15) is 36.5 Å². The van der Waals surface area contributed by atoms with E-state index in [1.54, 1.807) is 29.2 Å². The number of para-hydroxylation sites is 1. The van der Waals surface area contributed by atoms with Crippen molar-refractivity contribution in [2.24, 2.45) is 0 Å². The summed E-state index contributed by atoms with van der Waals surface area (Å²) >= 11 is 0. The normalized spacial score (nSPS) is 14.1. The van der Waals surface area contributed by atoms with Crippen molar-refractivity contribution in [3.8, 4) is 11.5 Å². The molecule has 0 atom stereocenters. The molecule has 1 saturated heterocycles. The van der Waals surface area contributed by atoms with Crippen LogP contribution < -0.4 is 14.8 Å². The smallest absolute Gasteiger partial charge is 0.308 e. The van der Waals surface area contributed by atoms with Gasteiger partial charge in [-0.1, -0.05) is 24.3 Å². The van der Waals surface area contributed by atoms with Gasteiger partial charge in [-0.2, -0.15) is 0 Å². The highest BCUT2D eigenvalue weighted by atomic mass is 16.5. The predicted octanol–water partition coefficient (Wildman–Crippen LogP) is 2.80. The summed E-state index contributed by atoms with van der Waals surface area (Å²) in [6.07, 6.45) is 1.68. The fraction of sp³-hybridized carbons (Fsp3) is 0.348. The molecule has 0 radical (unpaired) electrons. The van der Waals surface area contributed by atoms with E-state index in [0.717, 1.165) is 5.75 Å². The highest BCUT2D eigenvalue weighted by molar-refractivity contribution is 5.94. The number of nitrogens with zero attached hydrogens (tertiary/aromatic N) is 1. The fourth-order valence-electron chi connectivity index (χ4n) is 3.35. The lowest BCUT2D eigenvalue weighted by Gasteiger charge is -2.32. The highest BCUT2D eigenvalue weighted by Gasteiger charge is 2.24. The molecule has 7 nitrogen and oxygen atoms in total. The molecule has 30 heavy (non-hydrogen) atoms. The van der Waals surface area contributed by atoms with E-state index >= 15 is 0 Å². The van der Waals surface area contributed by atoms with E-state index in [0.29, 0.717) is 43.9 Å². The van der Waals surface area contributed by atoms with Gasteiger partial charge in [-0.15, -0.1) is 0 Å². The van der Waals surface area contributed by atoms with E-state index in [2.05, 4.69) is 5.32 Å². The summed E-state index contributed by atoms with van der Waals surface area (Å²) < 4.78 is 10.6. The molecule has 0 saturated carbocycles. The molecule has 7 heteroatoms. The molecule has 3 rings (SSSR count). The minimum Gasteiger partial charge on any atom is -0.493 e. The van der Waals surface area contributed by atoms with Crippen molar-refractivity contribution in [1.82, 2.24) is 10.2 Å². The fourth-order valence-corrected chi connectivity index (χ4v) is 3.35. The Bertz CT molecular complexity index is 876. The van der Waals surface area contributed by atoms with E-state index in [9.17, 15) is 14.4 Å². The zero-order valence-electron chi connectivity index (χ0n) is 17.0. The maximum Gasteiger partial charge on any atom is 0.308 e. The topological polar surface area (TPSA) is 84.9 Å². The molecule has 1 aliphatic rings. The summed E-state index contributed by atoms with van der Waals surface area (Å²) in [5, 5.41) is 3.02. The van der Waals surface area contributed by atoms with Crippen LogP contribution in [-0.4, -0.2) is 48.4 Å². The molecule has 1 fully saturated rings. The minimum atomic E-state index is -0.426. The molecule has 2 aromatic carbocycles. The molecule has 0 aromatic heterocycles. The quantitative estimate of drug-likeness (QED) is 0.560. The molecule has 1 aliphatic heterocycles. The number of esters is 1. The van der Waals surface area contributed by atoms with Gasteiger partial charge >= 0.3 is 5.97 Å². The lowest BCUT2D eigenvalue weighted by Crippen LogP contribution is -2.46. The van der Waals surface area contributed by atoms with Gasteiger partial charge in [-0.3, -0.25) is 14.4 Å². The molecular weight excluding hydrogens is 384 g/mol. The zero-order valence-corrected chi connectivity index (χ0v) is 17.0. The SMILES string of the molecule is CC(=O)Oc1cccc(C(=O)N2CCC(NC(=O)CCOc3ccccc3)CC2)c1. The first-order valence-electron chi connectivity index (χ1n) is 10.1. The summed E-state index contributed by atoms with van der Waals surface area (Å²) in [4.78, 5) is 37.7. The summed E-state index contributed by atoms with van der Waals surface area (Å²) in [5.41, 5.74) is 0.481. The summed E-state index contributed by atoms with van der Waals surface area (Å²) in [6, 6.07) is 16.0. The van der Waals surface area contributed by atoms with E-state index in [4.69, 9.17) is 9.47 Å². The van der Waals surface area contributed by atoms with Crippen molar-refractivity contribution in [2.45, 2.75) is 32.2 Å². The van der Waals surface area contributed by atoms with Crippen LogP contribution in [0, 0.1) is 0 Å². The standard InChI is InChI=1S/C23H26N2O5/c1-17(26)30-21-9-5-6-18(16-21)23(28)25-13-10-19(11-14-25)24-22(27)12-15-29-20-7-3-2-4-8-20/h2-9,16,19H,10-15H2,1H3,(H,24,27). The third-order valence-corrected chi connectivity index (χ3v) is 4.83. The molecule has 0 unspecified atom stereocenters. The minimum absolute atomic E-state index is 0.0469. The van der Waals surface area contributed by atoms with Crippen LogP contribution in [0.4, 0.5) is 0 Å².